The number of nitrogens with zero attached hydrogens (tertiary/aromatic N) is 2. The molecule has 1 fully saturated rings. The molecule has 2 heterocycles. The highest BCUT2D eigenvalue weighted by molar-refractivity contribution is 5.70. The Kier molecular flexibility index (Phi) is 7.00. The first-order chi connectivity index (χ1) is 17.0. The van der Waals surface area contributed by atoms with Crippen molar-refractivity contribution in [2.75, 3.05) is 6.54 Å². The van der Waals surface area contributed by atoms with Crippen LogP contribution < -0.4 is 5.56 Å². The minimum Gasteiger partial charge on any atom is -0.438 e. The number of hydrogen-bond acceptors (Lipinski definition) is 4. The van der Waals surface area contributed by atoms with E-state index < -0.39 is 29.4 Å². The van der Waals surface area contributed by atoms with Gasteiger partial charge in [0.15, 0.2) is 0 Å². The number of ether oxygens (including phenoxy) is 1. The second-order valence-electron chi connectivity index (χ2n) is 9.90. The predicted molar refractivity (Wildman–Crippen MR) is 133 cm³/mol. The van der Waals surface area contributed by atoms with Crippen molar-refractivity contribution < 1.29 is 23.4 Å². The van der Waals surface area contributed by atoms with E-state index in [0.29, 0.717) is 28.7 Å². The van der Waals surface area contributed by atoms with Crippen molar-refractivity contribution in [3.8, 4) is 11.1 Å². The molecule has 2 aromatic carbocycles. The van der Waals surface area contributed by atoms with Crippen molar-refractivity contribution in [3.63, 3.8) is 0 Å². The molecule has 0 unspecified atom stereocenters. The lowest BCUT2D eigenvalue weighted by atomic mass is 9.80. The maximum absolute atomic E-state index is 13.2. The van der Waals surface area contributed by atoms with E-state index in [4.69, 9.17) is 4.74 Å². The molecule has 36 heavy (non-hydrogen) atoms. The number of amides is 1. The molecule has 1 N–H and O–H groups in total. The largest absolute Gasteiger partial charge is 0.438 e. The SMILES string of the molecule is C[C@@H](c1ccc(-c2ccc(=O)n(C(F)F)c2)cc1)N1CC[C@](CC(C)(C)O)(c2ccccc2)OC1=O. The van der Waals surface area contributed by atoms with Gasteiger partial charge in [-0.3, -0.25) is 9.36 Å². The molecule has 0 aliphatic carbocycles. The summed E-state index contributed by atoms with van der Waals surface area (Å²) in [5.74, 6) is 0. The lowest BCUT2D eigenvalue weighted by Gasteiger charge is -2.45. The number of aromatic nitrogens is 1. The maximum atomic E-state index is 13.2. The Bertz CT molecular complexity index is 1270. The zero-order chi connectivity index (χ0) is 26.1. The molecule has 0 radical (unpaired) electrons. The van der Waals surface area contributed by atoms with Crippen molar-refractivity contribution in [1.82, 2.24) is 9.47 Å². The van der Waals surface area contributed by atoms with Gasteiger partial charge in [0, 0.05) is 31.6 Å². The molecule has 1 aliphatic rings. The van der Waals surface area contributed by atoms with Crippen LogP contribution in [-0.2, 0) is 10.3 Å². The first-order valence-electron chi connectivity index (χ1n) is 11.9. The van der Waals surface area contributed by atoms with E-state index in [-0.39, 0.29) is 12.5 Å². The van der Waals surface area contributed by atoms with Gasteiger partial charge >= 0.3 is 12.6 Å². The third-order valence-corrected chi connectivity index (χ3v) is 6.63. The number of hydrogen-bond donors (Lipinski definition) is 1. The minimum atomic E-state index is -2.92. The van der Waals surface area contributed by atoms with Crippen LogP contribution in [-0.4, -0.2) is 32.8 Å². The van der Waals surface area contributed by atoms with Gasteiger partial charge in [-0.15, -0.1) is 0 Å². The summed E-state index contributed by atoms with van der Waals surface area (Å²) < 4.78 is 32.6. The lowest BCUT2D eigenvalue weighted by molar-refractivity contribution is -0.101. The van der Waals surface area contributed by atoms with Crippen molar-refractivity contribution in [1.29, 1.82) is 0 Å². The van der Waals surface area contributed by atoms with E-state index in [1.165, 1.54) is 6.07 Å². The Balaban J connectivity index is 1.54. The predicted octanol–water partition coefficient (Wildman–Crippen LogP) is 5.87. The fraction of sp³-hybridized carbons (Fsp3) is 0.357. The Morgan fingerprint density at radius 3 is 2.22 bits per heavy atom. The third kappa shape index (κ3) is 5.33. The van der Waals surface area contributed by atoms with Crippen LogP contribution in [0.25, 0.3) is 11.1 Å². The molecule has 1 saturated heterocycles. The van der Waals surface area contributed by atoms with E-state index in [0.717, 1.165) is 23.4 Å². The van der Waals surface area contributed by atoms with Crippen LogP contribution in [0.15, 0.2) is 77.7 Å². The van der Waals surface area contributed by atoms with Gasteiger partial charge in [0.25, 0.3) is 5.56 Å². The number of aliphatic hydroxyl groups is 1. The zero-order valence-electron chi connectivity index (χ0n) is 20.5. The molecule has 0 spiro atoms. The van der Waals surface area contributed by atoms with Gasteiger partial charge in [-0.2, -0.15) is 8.78 Å². The average Bonchev–Trinajstić information content (AvgIpc) is 2.83. The summed E-state index contributed by atoms with van der Waals surface area (Å²) in [7, 11) is 0. The van der Waals surface area contributed by atoms with E-state index in [1.807, 2.05) is 49.4 Å². The molecule has 8 heteroatoms. The van der Waals surface area contributed by atoms with E-state index >= 15 is 0 Å². The summed E-state index contributed by atoms with van der Waals surface area (Å²) in [5.41, 5.74) is 0.144. The highest BCUT2D eigenvalue weighted by atomic mass is 19.3. The van der Waals surface area contributed by atoms with Crippen LogP contribution in [0.1, 0.15) is 57.3 Å². The molecule has 0 saturated carbocycles. The fourth-order valence-corrected chi connectivity index (χ4v) is 4.85. The molecule has 6 nitrogen and oxygen atoms in total. The average molecular weight is 497 g/mol. The monoisotopic (exact) mass is 496 g/mol. The molecule has 4 rings (SSSR count). The summed E-state index contributed by atoms with van der Waals surface area (Å²) in [6.07, 6.45) is 1.46. The highest BCUT2D eigenvalue weighted by Crippen LogP contribution is 2.42. The van der Waals surface area contributed by atoms with Crippen molar-refractivity contribution >= 4 is 6.09 Å². The van der Waals surface area contributed by atoms with E-state index in [1.54, 1.807) is 30.9 Å². The first-order valence-corrected chi connectivity index (χ1v) is 11.9. The van der Waals surface area contributed by atoms with Crippen LogP contribution in [0.3, 0.4) is 0 Å². The number of carbonyl (C=O) groups excluding carboxylic acids is 1. The Labute approximate surface area is 208 Å². The van der Waals surface area contributed by atoms with Crippen LogP contribution in [0.4, 0.5) is 13.6 Å². The lowest BCUT2D eigenvalue weighted by Crippen LogP contribution is -2.51. The molecular weight excluding hydrogens is 466 g/mol. The quantitative estimate of drug-likeness (QED) is 0.444. The van der Waals surface area contributed by atoms with Gasteiger partial charge in [-0.1, -0.05) is 54.6 Å². The number of pyridine rings is 1. The molecule has 3 aromatic rings. The number of halogens is 2. The molecular formula is C28H30F2N2O4. The van der Waals surface area contributed by atoms with Crippen LogP contribution in [0.2, 0.25) is 0 Å². The van der Waals surface area contributed by atoms with Gasteiger partial charge in [-0.05, 0) is 49.1 Å². The second-order valence-corrected chi connectivity index (χ2v) is 9.90. The van der Waals surface area contributed by atoms with Crippen molar-refractivity contribution in [3.05, 3.63) is 94.4 Å². The number of carbonyl (C=O) groups is 1. The van der Waals surface area contributed by atoms with Crippen molar-refractivity contribution in [2.24, 2.45) is 0 Å². The molecule has 1 aromatic heterocycles. The number of cyclic esters (lactones) is 1. The fourth-order valence-electron chi connectivity index (χ4n) is 4.85. The highest BCUT2D eigenvalue weighted by Gasteiger charge is 2.46. The topological polar surface area (TPSA) is 71.8 Å². The maximum Gasteiger partial charge on any atom is 0.411 e. The van der Waals surface area contributed by atoms with Crippen LogP contribution in [0, 0.1) is 0 Å². The normalized spacial score (nSPS) is 19.3. The standard InChI is InChI=1S/C28H30F2N2O4/c1-19(20-9-11-21(12-10-20)22-13-14-24(33)32(17-22)25(29)30)31-16-15-28(36-26(31)34,18-27(2,3)35)23-7-5-4-6-8-23/h4-14,17,19,25,35H,15-16,18H2,1-3H3/t19-,28-/m0/s1. The number of rotatable bonds is 7. The summed E-state index contributed by atoms with van der Waals surface area (Å²) in [4.78, 5) is 26.5. The van der Waals surface area contributed by atoms with E-state index in [2.05, 4.69) is 0 Å². The van der Waals surface area contributed by atoms with Crippen LogP contribution >= 0.6 is 0 Å². The second kappa shape index (κ2) is 9.85. The zero-order valence-corrected chi connectivity index (χ0v) is 20.5. The van der Waals surface area contributed by atoms with Crippen LogP contribution in [0.5, 0.6) is 0 Å². The Morgan fingerprint density at radius 1 is 1.00 bits per heavy atom. The summed E-state index contributed by atoms with van der Waals surface area (Å²) in [5, 5.41) is 10.6. The Morgan fingerprint density at radius 2 is 1.64 bits per heavy atom. The minimum absolute atomic E-state index is 0.271. The van der Waals surface area contributed by atoms with Crippen molar-refractivity contribution in [2.45, 2.75) is 57.4 Å². The van der Waals surface area contributed by atoms with Gasteiger partial charge in [0.2, 0.25) is 0 Å². The smallest absolute Gasteiger partial charge is 0.411 e. The number of benzene rings is 2. The molecule has 1 amide bonds. The van der Waals surface area contributed by atoms with Gasteiger partial charge in [-0.25, -0.2) is 4.79 Å². The van der Waals surface area contributed by atoms with Gasteiger partial charge < -0.3 is 14.7 Å². The molecule has 190 valence electrons. The molecule has 2 atom stereocenters. The number of alkyl halides is 2. The molecule has 1 aliphatic heterocycles. The summed E-state index contributed by atoms with van der Waals surface area (Å²) in [6.45, 7) is 2.83. The Hall–Kier alpha value is -3.52. The first kappa shape index (κ1) is 25.6. The van der Waals surface area contributed by atoms with Gasteiger partial charge in [0.1, 0.15) is 5.60 Å². The third-order valence-electron chi connectivity index (χ3n) is 6.63. The van der Waals surface area contributed by atoms with Gasteiger partial charge in [0.05, 0.1) is 11.6 Å². The molecule has 0 bridgehead atoms. The van der Waals surface area contributed by atoms with E-state index in [9.17, 15) is 23.5 Å². The summed E-state index contributed by atoms with van der Waals surface area (Å²) in [6, 6.07) is 19.0. The summed E-state index contributed by atoms with van der Waals surface area (Å²) >= 11 is 0.